The van der Waals surface area contributed by atoms with Crippen molar-refractivity contribution >= 4 is 34.9 Å². The quantitative estimate of drug-likeness (QED) is 0.354. The first-order valence-electron chi connectivity index (χ1n) is 10.9. The molecule has 1 aliphatic heterocycles. The van der Waals surface area contributed by atoms with Crippen molar-refractivity contribution in [2.45, 2.75) is 0 Å². The minimum absolute atomic E-state index is 0.259. The molecule has 0 unspecified atom stereocenters. The predicted octanol–water partition coefficient (Wildman–Crippen LogP) is 1.36. The van der Waals surface area contributed by atoms with E-state index in [-0.39, 0.29) is 5.46 Å². The van der Waals surface area contributed by atoms with Crippen LogP contribution >= 0.6 is 0 Å². The standard InChI is InChI=1S/C24H28BN5O4/c1-4-17(30-7-9-34-10-8-30)15-29(2)23-13-24(33-3)20(25(31)32)12-19(23)16-5-6-18-21(26)14-27-28-22(18)11-16/h4-6,11-15,31-32H,1,7-10H2,2-3H3,(H2,26,28)/b17-15+. The lowest BCUT2D eigenvalue weighted by atomic mass is 9.77. The first-order chi connectivity index (χ1) is 16.4. The topological polar surface area (TPSA) is 117 Å². The van der Waals surface area contributed by atoms with E-state index in [0.29, 0.717) is 30.2 Å². The molecule has 1 fully saturated rings. The molecule has 4 rings (SSSR count). The Morgan fingerprint density at radius 1 is 1.26 bits per heavy atom. The molecule has 3 aromatic rings. The van der Waals surface area contributed by atoms with Gasteiger partial charge in [-0.15, -0.1) is 0 Å². The van der Waals surface area contributed by atoms with Crippen LogP contribution in [0.25, 0.3) is 22.0 Å². The fraction of sp³-hybridized carbons (Fsp3) is 0.250. The number of hydrogen-bond acceptors (Lipinski definition) is 9. The van der Waals surface area contributed by atoms with E-state index in [0.717, 1.165) is 41.0 Å². The van der Waals surface area contributed by atoms with E-state index in [1.807, 2.05) is 42.4 Å². The Bertz CT molecular complexity index is 1230. The molecule has 4 N–H and O–H groups in total. The lowest BCUT2D eigenvalue weighted by molar-refractivity contribution is 0.0553. The van der Waals surface area contributed by atoms with Crippen LogP contribution in [0.2, 0.25) is 0 Å². The van der Waals surface area contributed by atoms with Gasteiger partial charge < -0.3 is 35.1 Å². The number of nitrogens with zero attached hydrogens (tertiary/aromatic N) is 4. The number of nitrogens with two attached hydrogens (primary N) is 1. The van der Waals surface area contributed by atoms with Gasteiger partial charge in [-0.2, -0.15) is 10.2 Å². The molecule has 0 spiro atoms. The average Bonchev–Trinajstić information content (AvgIpc) is 2.86. The number of methoxy groups -OCH3 is 1. The summed E-state index contributed by atoms with van der Waals surface area (Å²) in [5.74, 6) is 0.366. The third-order valence-corrected chi connectivity index (χ3v) is 5.90. The molecule has 0 radical (unpaired) electrons. The van der Waals surface area contributed by atoms with Crippen LogP contribution in [0.5, 0.6) is 5.75 Å². The first-order valence-corrected chi connectivity index (χ1v) is 10.9. The number of allylic oxidation sites excluding steroid dienone is 1. The van der Waals surface area contributed by atoms with Crippen LogP contribution in [-0.4, -0.2) is 72.7 Å². The van der Waals surface area contributed by atoms with E-state index in [4.69, 9.17) is 15.2 Å². The SMILES string of the molecule is C=C/C(=C\N(C)c1cc(OC)c(B(O)O)cc1-c1ccc2c(N)cnnc2c1)N1CCOCC1. The van der Waals surface area contributed by atoms with Crippen molar-refractivity contribution in [3.05, 3.63) is 61.1 Å². The van der Waals surface area contributed by atoms with E-state index in [1.165, 1.54) is 13.3 Å². The highest BCUT2D eigenvalue weighted by Gasteiger charge is 2.23. The minimum atomic E-state index is -1.70. The molecule has 0 saturated carbocycles. The lowest BCUT2D eigenvalue weighted by Crippen LogP contribution is -2.36. The second kappa shape index (κ2) is 10.1. The summed E-state index contributed by atoms with van der Waals surface area (Å²) in [6.07, 6.45) is 5.32. The van der Waals surface area contributed by atoms with Crippen molar-refractivity contribution in [2.75, 3.05) is 51.1 Å². The van der Waals surface area contributed by atoms with E-state index < -0.39 is 7.12 Å². The summed E-state index contributed by atoms with van der Waals surface area (Å²) < 4.78 is 10.9. The van der Waals surface area contributed by atoms with Crippen LogP contribution in [0.3, 0.4) is 0 Å². The maximum Gasteiger partial charge on any atom is 0.492 e. The molecule has 1 aromatic heterocycles. The Morgan fingerprint density at radius 3 is 2.71 bits per heavy atom. The zero-order chi connectivity index (χ0) is 24.2. The summed E-state index contributed by atoms with van der Waals surface area (Å²) in [6.45, 7) is 6.87. The van der Waals surface area contributed by atoms with Crippen molar-refractivity contribution in [1.82, 2.24) is 15.1 Å². The third-order valence-electron chi connectivity index (χ3n) is 5.90. The summed E-state index contributed by atoms with van der Waals surface area (Å²) in [6, 6.07) is 9.19. The predicted molar refractivity (Wildman–Crippen MR) is 135 cm³/mol. The van der Waals surface area contributed by atoms with Gasteiger partial charge in [0.05, 0.1) is 49.1 Å². The second-order valence-corrected chi connectivity index (χ2v) is 7.99. The Morgan fingerprint density at radius 2 is 2.03 bits per heavy atom. The van der Waals surface area contributed by atoms with Crippen molar-refractivity contribution in [3.63, 3.8) is 0 Å². The van der Waals surface area contributed by atoms with Gasteiger partial charge in [0.15, 0.2) is 0 Å². The van der Waals surface area contributed by atoms with Crippen LogP contribution in [0.1, 0.15) is 0 Å². The smallest absolute Gasteiger partial charge is 0.492 e. The highest BCUT2D eigenvalue weighted by Crippen LogP contribution is 2.35. The third kappa shape index (κ3) is 4.70. The maximum atomic E-state index is 9.98. The van der Waals surface area contributed by atoms with Gasteiger partial charge in [-0.3, -0.25) is 0 Å². The maximum absolute atomic E-state index is 9.98. The Balaban J connectivity index is 1.86. The van der Waals surface area contributed by atoms with E-state index in [2.05, 4.69) is 21.7 Å². The molecule has 0 atom stereocenters. The first kappa shape index (κ1) is 23.6. The Hall–Kier alpha value is -3.60. The van der Waals surface area contributed by atoms with Gasteiger partial charge in [0, 0.05) is 48.8 Å². The minimum Gasteiger partial charge on any atom is -0.497 e. The number of nitrogen functional groups attached to an aromatic ring is 1. The van der Waals surface area contributed by atoms with Crippen LogP contribution < -0.4 is 20.8 Å². The molecule has 0 amide bonds. The largest absolute Gasteiger partial charge is 0.497 e. The fourth-order valence-electron chi connectivity index (χ4n) is 4.09. The van der Waals surface area contributed by atoms with E-state index in [9.17, 15) is 10.0 Å². The van der Waals surface area contributed by atoms with Gasteiger partial charge in [0.25, 0.3) is 0 Å². The number of fused-ring (bicyclic) bond motifs is 1. The molecule has 34 heavy (non-hydrogen) atoms. The molecule has 1 aliphatic rings. The molecule has 176 valence electrons. The summed E-state index contributed by atoms with van der Waals surface area (Å²) >= 11 is 0. The zero-order valence-electron chi connectivity index (χ0n) is 19.3. The number of morpholine rings is 1. The fourth-order valence-corrected chi connectivity index (χ4v) is 4.09. The molecule has 2 aromatic carbocycles. The van der Waals surface area contributed by atoms with Gasteiger partial charge in [-0.05, 0) is 29.8 Å². The molecule has 2 heterocycles. The van der Waals surface area contributed by atoms with Gasteiger partial charge >= 0.3 is 7.12 Å². The molecule has 9 nitrogen and oxygen atoms in total. The number of ether oxygens (including phenoxy) is 2. The monoisotopic (exact) mass is 461 g/mol. The highest BCUT2D eigenvalue weighted by atomic mass is 16.5. The summed E-state index contributed by atoms with van der Waals surface area (Å²) in [5.41, 5.74) is 10.8. The van der Waals surface area contributed by atoms with Crippen molar-refractivity contribution in [1.29, 1.82) is 0 Å². The van der Waals surface area contributed by atoms with Crippen molar-refractivity contribution in [3.8, 4) is 16.9 Å². The summed E-state index contributed by atoms with van der Waals surface area (Å²) in [4.78, 5) is 4.18. The summed E-state index contributed by atoms with van der Waals surface area (Å²) in [5, 5.41) is 28.9. The van der Waals surface area contributed by atoms with Gasteiger partial charge in [-0.25, -0.2) is 0 Å². The van der Waals surface area contributed by atoms with Gasteiger partial charge in [0.1, 0.15) is 5.75 Å². The lowest BCUT2D eigenvalue weighted by Gasteiger charge is -2.31. The second-order valence-electron chi connectivity index (χ2n) is 7.99. The van der Waals surface area contributed by atoms with Gasteiger partial charge in [-0.1, -0.05) is 12.6 Å². The van der Waals surface area contributed by atoms with Crippen molar-refractivity contribution < 1.29 is 19.5 Å². The average molecular weight is 461 g/mol. The van der Waals surface area contributed by atoms with E-state index in [1.54, 1.807) is 12.1 Å². The Labute approximate surface area is 198 Å². The van der Waals surface area contributed by atoms with Crippen molar-refractivity contribution in [2.24, 2.45) is 0 Å². The molecular weight excluding hydrogens is 433 g/mol. The number of hydrogen-bond donors (Lipinski definition) is 3. The molecule has 1 saturated heterocycles. The molecule has 0 bridgehead atoms. The van der Waals surface area contributed by atoms with Crippen LogP contribution in [0.4, 0.5) is 11.4 Å². The van der Waals surface area contributed by atoms with Gasteiger partial charge in [0.2, 0.25) is 0 Å². The van der Waals surface area contributed by atoms with Crippen LogP contribution in [0, 0.1) is 0 Å². The summed E-state index contributed by atoms with van der Waals surface area (Å²) in [7, 11) is 1.73. The number of aromatic nitrogens is 2. The van der Waals surface area contributed by atoms with Crippen LogP contribution in [-0.2, 0) is 4.74 Å². The van der Waals surface area contributed by atoms with Crippen LogP contribution in [0.15, 0.2) is 61.1 Å². The highest BCUT2D eigenvalue weighted by molar-refractivity contribution is 6.60. The molecular formula is C24H28BN5O4. The van der Waals surface area contributed by atoms with E-state index >= 15 is 0 Å². The molecule has 0 aliphatic carbocycles. The molecule has 10 heteroatoms. The number of benzene rings is 2. The number of rotatable bonds is 7. The Kier molecular flexibility index (Phi) is 7.02. The zero-order valence-corrected chi connectivity index (χ0v) is 19.3. The normalized spacial score (nSPS) is 14.2. The number of anilines is 2.